The Morgan fingerprint density at radius 3 is 2.46 bits per heavy atom. The van der Waals surface area contributed by atoms with Crippen molar-refractivity contribution in [1.29, 1.82) is 0 Å². The van der Waals surface area contributed by atoms with Crippen LogP contribution in [0.5, 0.6) is 11.5 Å². The van der Waals surface area contributed by atoms with Crippen molar-refractivity contribution < 1.29 is 19.1 Å². The molecule has 2 amide bonds. The number of ether oxygens (including phenoxy) is 2. The lowest BCUT2D eigenvalue weighted by Crippen LogP contribution is -2.32. The second-order valence-electron chi connectivity index (χ2n) is 6.07. The summed E-state index contributed by atoms with van der Waals surface area (Å²) in [5.74, 6) is 0.595. The topological polar surface area (TPSA) is 67.9 Å². The van der Waals surface area contributed by atoms with E-state index in [0.29, 0.717) is 34.9 Å². The fraction of sp³-hybridized carbons (Fsp3) is 0.182. The molecule has 1 aliphatic rings. The molecule has 1 heterocycles. The van der Waals surface area contributed by atoms with Crippen LogP contribution in [0.3, 0.4) is 0 Å². The standard InChI is InChI=1S/C22H22N2O4/c1-4-13-24-21(25)19(15-9-11-17(12-10-15)28-5-2)20(22(24)26)23-16-7-6-8-18(14-16)27-3/h4,6-12,14,23H,1,5,13H2,2-3H3. The lowest BCUT2D eigenvalue weighted by molar-refractivity contribution is -0.136. The Labute approximate surface area is 164 Å². The van der Waals surface area contributed by atoms with Crippen LogP contribution >= 0.6 is 0 Å². The number of hydrogen-bond acceptors (Lipinski definition) is 5. The molecule has 0 aromatic heterocycles. The summed E-state index contributed by atoms with van der Waals surface area (Å²) in [5, 5.41) is 3.09. The highest BCUT2D eigenvalue weighted by Gasteiger charge is 2.38. The second-order valence-corrected chi connectivity index (χ2v) is 6.07. The Morgan fingerprint density at radius 2 is 1.82 bits per heavy atom. The summed E-state index contributed by atoms with van der Waals surface area (Å²) < 4.78 is 10.7. The second kappa shape index (κ2) is 8.43. The summed E-state index contributed by atoms with van der Waals surface area (Å²) in [4.78, 5) is 27.0. The molecule has 3 rings (SSSR count). The molecule has 0 atom stereocenters. The molecule has 0 unspecified atom stereocenters. The summed E-state index contributed by atoms with van der Waals surface area (Å²) in [7, 11) is 1.57. The molecule has 0 fully saturated rings. The third-order valence-corrected chi connectivity index (χ3v) is 4.27. The van der Waals surface area contributed by atoms with Crippen LogP contribution in [0.2, 0.25) is 0 Å². The largest absolute Gasteiger partial charge is 0.497 e. The molecule has 0 aliphatic carbocycles. The van der Waals surface area contributed by atoms with Crippen molar-refractivity contribution in [3.8, 4) is 11.5 Å². The van der Waals surface area contributed by atoms with Crippen LogP contribution in [0.1, 0.15) is 12.5 Å². The molecule has 6 nitrogen and oxygen atoms in total. The van der Waals surface area contributed by atoms with Gasteiger partial charge in [-0.3, -0.25) is 14.5 Å². The van der Waals surface area contributed by atoms with Crippen LogP contribution in [0.4, 0.5) is 5.69 Å². The van der Waals surface area contributed by atoms with Gasteiger partial charge in [0.2, 0.25) is 0 Å². The number of carbonyl (C=O) groups excluding carboxylic acids is 2. The Kier molecular flexibility index (Phi) is 5.79. The first-order valence-corrected chi connectivity index (χ1v) is 8.94. The minimum atomic E-state index is -0.392. The van der Waals surface area contributed by atoms with Crippen LogP contribution in [-0.2, 0) is 9.59 Å². The van der Waals surface area contributed by atoms with Gasteiger partial charge in [-0.05, 0) is 36.8 Å². The number of carbonyl (C=O) groups is 2. The van der Waals surface area contributed by atoms with E-state index in [4.69, 9.17) is 9.47 Å². The predicted molar refractivity (Wildman–Crippen MR) is 108 cm³/mol. The van der Waals surface area contributed by atoms with Crippen LogP contribution in [0.25, 0.3) is 5.57 Å². The zero-order valence-electron chi connectivity index (χ0n) is 15.9. The Balaban J connectivity index is 2.03. The van der Waals surface area contributed by atoms with Crippen molar-refractivity contribution in [3.05, 3.63) is 72.4 Å². The molecule has 1 N–H and O–H groups in total. The van der Waals surface area contributed by atoms with Crippen molar-refractivity contribution in [3.63, 3.8) is 0 Å². The first-order chi connectivity index (χ1) is 13.6. The van der Waals surface area contributed by atoms with Crippen molar-refractivity contribution in [2.24, 2.45) is 0 Å². The van der Waals surface area contributed by atoms with E-state index in [1.165, 1.54) is 11.0 Å². The van der Waals surface area contributed by atoms with Crippen molar-refractivity contribution >= 4 is 23.1 Å². The number of nitrogens with zero attached hydrogens (tertiary/aromatic N) is 1. The van der Waals surface area contributed by atoms with Gasteiger partial charge >= 0.3 is 0 Å². The fourth-order valence-electron chi connectivity index (χ4n) is 2.98. The zero-order chi connectivity index (χ0) is 20.1. The summed E-state index contributed by atoms with van der Waals surface area (Å²) in [6.45, 7) is 6.23. The highest BCUT2D eigenvalue weighted by molar-refractivity contribution is 6.36. The number of imide groups is 1. The van der Waals surface area contributed by atoms with Crippen LogP contribution in [0, 0.1) is 0 Å². The number of rotatable bonds is 8. The van der Waals surface area contributed by atoms with Gasteiger partial charge in [0.05, 0.1) is 19.3 Å². The first kappa shape index (κ1) is 19.2. The van der Waals surface area contributed by atoms with Gasteiger partial charge in [-0.15, -0.1) is 6.58 Å². The summed E-state index contributed by atoms with van der Waals surface area (Å²) in [5.41, 5.74) is 1.83. The fourth-order valence-corrected chi connectivity index (χ4v) is 2.98. The molecular formula is C22H22N2O4. The van der Waals surface area contributed by atoms with E-state index in [-0.39, 0.29) is 18.1 Å². The summed E-state index contributed by atoms with van der Waals surface area (Å²) >= 11 is 0. The van der Waals surface area contributed by atoms with Gasteiger partial charge in [0.25, 0.3) is 11.8 Å². The first-order valence-electron chi connectivity index (χ1n) is 8.94. The molecule has 0 bridgehead atoms. The van der Waals surface area contributed by atoms with Gasteiger partial charge < -0.3 is 14.8 Å². The van der Waals surface area contributed by atoms with E-state index < -0.39 is 5.91 Å². The molecule has 144 valence electrons. The van der Waals surface area contributed by atoms with Gasteiger partial charge in [0.1, 0.15) is 17.2 Å². The predicted octanol–water partition coefficient (Wildman–Crippen LogP) is 3.47. The number of anilines is 1. The number of methoxy groups -OCH3 is 1. The van der Waals surface area contributed by atoms with Crippen LogP contribution in [-0.4, -0.2) is 37.0 Å². The molecule has 0 saturated carbocycles. The average molecular weight is 378 g/mol. The van der Waals surface area contributed by atoms with Crippen LogP contribution < -0.4 is 14.8 Å². The van der Waals surface area contributed by atoms with Gasteiger partial charge in [0.15, 0.2) is 0 Å². The third-order valence-electron chi connectivity index (χ3n) is 4.27. The molecule has 0 radical (unpaired) electrons. The normalized spacial score (nSPS) is 13.7. The summed E-state index contributed by atoms with van der Waals surface area (Å²) in [6.07, 6.45) is 1.53. The van der Waals surface area contributed by atoms with E-state index in [9.17, 15) is 9.59 Å². The molecular weight excluding hydrogens is 356 g/mol. The van der Waals surface area contributed by atoms with E-state index in [1.807, 2.05) is 6.92 Å². The highest BCUT2D eigenvalue weighted by atomic mass is 16.5. The Morgan fingerprint density at radius 1 is 1.07 bits per heavy atom. The number of hydrogen-bond donors (Lipinski definition) is 1. The lowest BCUT2D eigenvalue weighted by atomic mass is 10.0. The Bertz CT molecular complexity index is 932. The van der Waals surface area contributed by atoms with E-state index in [2.05, 4.69) is 11.9 Å². The minimum Gasteiger partial charge on any atom is -0.497 e. The lowest BCUT2D eigenvalue weighted by Gasteiger charge is -2.12. The SMILES string of the molecule is C=CCN1C(=O)C(Nc2cccc(OC)c2)=C(c2ccc(OCC)cc2)C1=O. The zero-order valence-corrected chi connectivity index (χ0v) is 15.9. The minimum absolute atomic E-state index is 0.140. The van der Waals surface area contributed by atoms with Gasteiger partial charge in [-0.25, -0.2) is 0 Å². The maximum absolute atomic E-state index is 12.9. The van der Waals surface area contributed by atoms with Crippen molar-refractivity contribution in [1.82, 2.24) is 4.90 Å². The third kappa shape index (κ3) is 3.76. The average Bonchev–Trinajstić information content (AvgIpc) is 2.94. The molecule has 28 heavy (non-hydrogen) atoms. The Hall–Kier alpha value is -3.54. The molecule has 1 aliphatic heterocycles. The van der Waals surface area contributed by atoms with Crippen molar-refractivity contribution in [2.45, 2.75) is 6.92 Å². The molecule has 0 saturated heterocycles. The van der Waals surface area contributed by atoms with E-state index in [1.54, 1.807) is 55.6 Å². The van der Waals surface area contributed by atoms with Gasteiger partial charge in [-0.1, -0.05) is 24.3 Å². The van der Waals surface area contributed by atoms with Gasteiger partial charge in [-0.2, -0.15) is 0 Å². The summed E-state index contributed by atoms with van der Waals surface area (Å²) in [6, 6.07) is 14.3. The molecule has 6 heteroatoms. The molecule has 2 aromatic rings. The smallest absolute Gasteiger partial charge is 0.278 e. The molecule has 0 spiro atoms. The monoisotopic (exact) mass is 378 g/mol. The van der Waals surface area contributed by atoms with Gasteiger partial charge in [0, 0.05) is 18.3 Å². The maximum Gasteiger partial charge on any atom is 0.278 e. The molecule has 2 aromatic carbocycles. The highest BCUT2D eigenvalue weighted by Crippen LogP contribution is 2.32. The van der Waals surface area contributed by atoms with Crippen molar-refractivity contribution in [2.75, 3.05) is 25.6 Å². The number of nitrogens with one attached hydrogen (secondary N) is 1. The number of benzene rings is 2. The number of amides is 2. The van der Waals surface area contributed by atoms with E-state index in [0.717, 1.165) is 0 Å². The quantitative estimate of drug-likeness (QED) is 0.563. The van der Waals surface area contributed by atoms with Crippen LogP contribution in [0.15, 0.2) is 66.9 Å². The maximum atomic E-state index is 12.9. The van der Waals surface area contributed by atoms with E-state index >= 15 is 0 Å².